The van der Waals surface area contributed by atoms with Crippen molar-refractivity contribution in [3.8, 4) is 6.07 Å². The monoisotopic (exact) mass is 244 g/mol. The fourth-order valence-corrected chi connectivity index (χ4v) is 1.60. The third-order valence-electron chi connectivity index (χ3n) is 2.37. The molecule has 2 aromatic heterocycles. The molecule has 92 valence electrons. The van der Waals surface area contributed by atoms with Crippen LogP contribution < -0.4 is 5.32 Å². The molecule has 0 aliphatic rings. The molecular weight excluding hydrogens is 232 g/mol. The van der Waals surface area contributed by atoms with Crippen molar-refractivity contribution < 1.29 is 4.79 Å². The van der Waals surface area contributed by atoms with E-state index in [0.717, 1.165) is 0 Å². The van der Waals surface area contributed by atoms with Crippen LogP contribution in [0, 0.1) is 18.3 Å². The average Bonchev–Trinajstić information content (AvgIpc) is 2.86. The molecular formula is C11H12N6O. The second-order valence-corrected chi connectivity index (χ2v) is 3.81. The molecule has 0 bridgehead atoms. The van der Waals surface area contributed by atoms with E-state index in [-0.39, 0.29) is 12.5 Å². The topological polar surface area (TPSA) is 88.5 Å². The van der Waals surface area contributed by atoms with Crippen molar-refractivity contribution >= 4 is 11.7 Å². The van der Waals surface area contributed by atoms with Crippen molar-refractivity contribution in [1.29, 1.82) is 5.26 Å². The summed E-state index contributed by atoms with van der Waals surface area (Å²) in [6, 6.07) is 3.61. The van der Waals surface area contributed by atoms with Gasteiger partial charge in [0, 0.05) is 25.5 Å². The summed E-state index contributed by atoms with van der Waals surface area (Å²) in [6.45, 7) is 1.92. The number of hydrogen-bond donors (Lipinski definition) is 1. The standard InChI is InChI=1S/C11H12N6O/c1-8-9(7-16(2)14-8)11(18)13-10-3-5-17(15-10)6-4-12/h3,5,7H,6H2,1-2H3,(H,13,15,18). The van der Waals surface area contributed by atoms with E-state index in [9.17, 15) is 4.79 Å². The number of aryl methyl sites for hydroxylation is 2. The van der Waals surface area contributed by atoms with Gasteiger partial charge in [-0.1, -0.05) is 0 Å². The van der Waals surface area contributed by atoms with Gasteiger partial charge in [-0.25, -0.2) is 0 Å². The number of hydrogen-bond acceptors (Lipinski definition) is 4. The first-order valence-electron chi connectivity index (χ1n) is 5.32. The van der Waals surface area contributed by atoms with Crippen molar-refractivity contribution in [1.82, 2.24) is 19.6 Å². The molecule has 0 saturated carbocycles. The van der Waals surface area contributed by atoms with E-state index in [4.69, 9.17) is 5.26 Å². The molecule has 2 aromatic rings. The van der Waals surface area contributed by atoms with Gasteiger partial charge in [-0.3, -0.25) is 14.2 Å². The zero-order chi connectivity index (χ0) is 13.1. The third-order valence-corrected chi connectivity index (χ3v) is 2.37. The molecule has 0 unspecified atom stereocenters. The largest absolute Gasteiger partial charge is 0.305 e. The number of amides is 1. The lowest BCUT2D eigenvalue weighted by atomic mass is 10.2. The summed E-state index contributed by atoms with van der Waals surface area (Å²) >= 11 is 0. The Morgan fingerprint density at radius 2 is 2.33 bits per heavy atom. The van der Waals surface area contributed by atoms with E-state index in [1.54, 1.807) is 37.1 Å². The Kier molecular flexibility index (Phi) is 3.10. The van der Waals surface area contributed by atoms with Crippen LogP contribution in [0.1, 0.15) is 16.1 Å². The third kappa shape index (κ3) is 2.38. The second kappa shape index (κ2) is 4.71. The molecule has 2 heterocycles. The Morgan fingerprint density at radius 1 is 1.56 bits per heavy atom. The van der Waals surface area contributed by atoms with Gasteiger partial charge in [-0.05, 0) is 6.92 Å². The molecule has 0 atom stereocenters. The van der Waals surface area contributed by atoms with Crippen LogP contribution in [-0.2, 0) is 13.6 Å². The maximum Gasteiger partial charge on any atom is 0.260 e. The normalized spacial score (nSPS) is 10.1. The van der Waals surface area contributed by atoms with Crippen molar-refractivity contribution in [2.24, 2.45) is 7.05 Å². The van der Waals surface area contributed by atoms with Gasteiger partial charge in [-0.2, -0.15) is 15.5 Å². The number of nitriles is 1. The molecule has 0 aromatic carbocycles. The molecule has 18 heavy (non-hydrogen) atoms. The summed E-state index contributed by atoms with van der Waals surface area (Å²) in [5.74, 6) is 0.154. The highest BCUT2D eigenvalue weighted by Crippen LogP contribution is 2.09. The number of rotatable bonds is 3. The maximum atomic E-state index is 11.9. The van der Waals surface area contributed by atoms with Crippen molar-refractivity contribution in [3.63, 3.8) is 0 Å². The highest BCUT2D eigenvalue weighted by atomic mass is 16.1. The minimum absolute atomic E-state index is 0.155. The van der Waals surface area contributed by atoms with Crippen LogP contribution in [0.3, 0.4) is 0 Å². The number of anilines is 1. The molecule has 7 heteroatoms. The van der Waals surface area contributed by atoms with Gasteiger partial charge in [-0.15, -0.1) is 0 Å². The summed E-state index contributed by atoms with van der Waals surface area (Å²) in [4.78, 5) is 11.9. The minimum atomic E-state index is -0.261. The molecule has 0 aliphatic heterocycles. The lowest BCUT2D eigenvalue weighted by molar-refractivity contribution is 0.102. The summed E-state index contributed by atoms with van der Waals surface area (Å²) < 4.78 is 3.03. The molecule has 0 fully saturated rings. The van der Waals surface area contributed by atoms with E-state index in [1.807, 2.05) is 6.07 Å². The van der Waals surface area contributed by atoms with Crippen LogP contribution in [0.2, 0.25) is 0 Å². The first-order valence-corrected chi connectivity index (χ1v) is 5.32. The van der Waals surface area contributed by atoms with Crippen molar-refractivity contribution in [2.45, 2.75) is 13.5 Å². The fraction of sp³-hybridized carbons (Fsp3) is 0.273. The molecule has 0 spiro atoms. The van der Waals surface area contributed by atoms with Crippen LogP contribution >= 0.6 is 0 Å². The Hall–Kier alpha value is -2.62. The number of carbonyl (C=O) groups is 1. The van der Waals surface area contributed by atoms with E-state index >= 15 is 0 Å². The first kappa shape index (κ1) is 11.9. The molecule has 0 radical (unpaired) electrons. The number of nitrogens with zero attached hydrogens (tertiary/aromatic N) is 5. The van der Waals surface area contributed by atoms with Crippen molar-refractivity contribution in [2.75, 3.05) is 5.32 Å². The van der Waals surface area contributed by atoms with Crippen LogP contribution in [-0.4, -0.2) is 25.5 Å². The highest BCUT2D eigenvalue weighted by Gasteiger charge is 2.13. The fourth-order valence-electron chi connectivity index (χ4n) is 1.60. The number of carbonyl (C=O) groups excluding carboxylic acids is 1. The number of nitrogens with one attached hydrogen (secondary N) is 1. The van der Waals surface area contributed by atoms with Crippen LogP contribution in [0.15, 0.2) is 18.5 Å². The zero-order valence-corrected chi connectivity index (χ0v) is 10.1. The molecule has 1 amide bonds. The van der Waals surface area contributed by atoms with Gasteiger partial charge in [0.1, 0.15) is 6.54 Å². The first-order chi connectivity index (χ1) is 8.60. The Bertz CT molecular complexity index is 618. The van der Waals surface area contributed by atoms with E-state index in [0.29, 0.717) is 17.1 Å². The Morgan fingerprint density at radius 3 is 2.94 bits per heavy atom. The van der Waals surface area contributed by atoms with Crippen molar-refractivity contribution in [3.05, 3.63) is 29.7 Å². The Labute approximate surface area is 104 Å². The average molecular weight is 244 g/mol. The van der Waals surface area contributed by atoms with Gasteiger partial charge in [0.25, 0.3) is 5.91 Å². The van der Waals surface area contributed by atoms with Gasteiger partial charge in [0.15, 0.2) is 5.82 Å². The summed E-state index contributed by atoms with van der Waals surface area (Å²) in [7, 11) is 1.76. The highest BCUT2D eigenvalue weighted by molar-refractivity contribution is 6.04. The van der Waals surface area contributed by atoms with Gasteiger partial charge < -0.3 is 5.32 Å². The summed E-state index contributed by atoms with van der Waals surface area (Å²) in [6.07, 6.45) is 3.28. The zero-order valence-electron chi connectivity index (χ0n) is 10.1. The van der Waals surface area contributed by atoms with Gasteiger partial charge >= 0.3 is 0 Å². The maximum absolute atomic E-state index is 11.9. The van der Waals surface area contributed by atoms with E-state index in [2.05, 4.69) is 15.5 Å². The predicted molar refractivity (Wildman–Crippen MR) is 63.7 cm³/mol. The van der Waals surface area contributed by atoms with Crippen LogP contribution in [0.5, 0.6) is 0 Å². The van der Waals surface area contributed by atoms with Gasteiger partial charge in [0.05, 0.1) is 17.3 Å². The molecule has 0 aliphatic carbocycles. The minimum Gasteiger partial charge on any atom is -0.305 e. The summed E-state index contributed by atoms with van der Waals surface area (Å²) in [5, 5.41) is 19.3. The molecule has 2 rings (SSSR count). The Balaban J connectivity index is 2.11. The van der Waals surface area contributed by atoms with Gasteiger partial charge in [0.2, 0.25) is 0 Å². The molecule has 0 saturated heterocycles. The summed E-state index contributed by atoms with van der Waals surface area (Å²) in [5.41, 5.74) is 1.17. The smallest absolute Gasteiger partial charge is 0.260 e. The molecule has 7 nitrogen and oxygen atoms in total. The quantitative estimate of drug-likeness (QED) is 0.860. The molecule has 1 N–H and O–H groups in total. The lowest BCUT2D eigenvalue weighted by Crippen LogP contribution is -2.13. The van der Waals surface area contributed by atoms with E-state index < -0.39 is 0 Å². The predicted octanol–water partition coefficient (Wildman–Crippen LogP) is 0.701. The van der Waals surface area contributed by atoms with Crippen LogP contribution in [0.25, 0.3) is 0 Å². The number of aromatic nitrogens is 4. The van der Waals surface area contributed by atoms with E-state index in [1.165, 1.54) is 4.68 Å². The lowest BCUT2D eigenvalue weighted by Gasteiger charge is -1.99. The second-order valence-electron chi connectivity index (χ2n) is 3.81. The SMILES string of the molecule is Cc1nn(C)cc1C(=O)Nc1ccn(CC#N)n1. The van der Waals surface area contributed by atoms with Crippen LogP contribution in [0.4, 0.5) is 5.82 Å².